The summed E-state index contributed by atoms with van der Waals surface area (Å²) in [6.07, 6.45) is -10.2. The third kappa shape index (κ3) is 13.4. The topological polar surface area (TPSA) is 226 Å². The van der Waals surface area contributed by atoms with E-state index >= 15 is 0 Å². The van der Waals surface area contributed by atoms with E-state index in [1.165, 1.54) is 13.5 Å². The van der Waals surface area contributed by atoms with Crippen LogP contribution in [0.25, 0.3) is 10.4 Å². The molecule has 18 nitrogen and oxygen atoms in total. The van der Waals surface area contributed by atoms with Gasteiger partial charge in [0.25, 0.3) is 0 Å². The van der Waals surface area contributed by atoms with Gasteiger partial charge in [-0.3, -0.25) is 0 Å². The van der Waals surface area contributed by atoms with Gasteiger partial charge in [-0.05, 0) is 0 Å². The summed E-state index contributed by atoms with van der Waals surface area (Å²) in [6, 6.07) is 15.0. The number of rotatable bonds is 19. The number of carbonyl (C=O) groups is 5. The Morgan fingerprint density at radius 1 is 0.862 bits per heavy atom. The Morgan fingerprint density at radius 2 is 1.50 bits per heavy atom. The van der Waals surface area contributed by atoms with Crippen LogP contribution < -0.4 is 0 Å². The fourth-order valence-electron chi connectivity index (χ4n) is 6.21. The van der Waals surface area contributed by atoms with Crippen molar-refractivity contribution in [3.8, 4) is 0 Å². The van der Waals surface area contributed by atoms with Crippen LogP contribution in [0.5, 0.6) is 0 Å². The summed E-state index contributed by atoms with van der Waals surface area (Å²) in [6.45, 7) is 6.01. The van der Waals surface area contributed by atoms with Crippen LogP contribution in [0.3, 0.4) is 0 Å². The molecule has 0 spiro atoms. The Hall–Kier alpha value is -4.70. The van der Waals surface area contributed by atoms with Crippen molar-refractivity contribution in [1.82, 2.24) is 0 Å². The number of nitrogens with zero attached hydrogens (tertiary/aromatic N) is 3. The molecule has 2 aromatic rings. The van der Waals surface area contributed by atoms with E-state index in [9.17, 15) is 29.5 Å². The van der Waals surface area contributed by atoms with Gasteiger partial charge in [0, 0.05) is 0 Å². The van der Waals surface area contributed by atoms with Crippen molar-refractivity contribution >= 4 is 52.5 Å². The zero-order valence-electron chi connectivity index (χ0n) is 32.5. The Bertz CT molecular complexity index is 1760. The molecule has 2 heterocycles. The molecule has 11 atom stereocenters. The van der Waals surface area contributed by atoms with Crippen molar-refractivity contribution in [2.45, 2.75) is 102 Å². The Balaban J connectivity index is 1.75. The molecule has 0 amide bonds. The number of hydrogen-bond donors (Lipinski definition) is 0. The Labute approximate surface area is 338 Å². The van der Waals surface area contributed by atoms with Crippen molar-refractivity contribution in [2.24, 2.45) is 5.11 Å². The molecule has 0 aliphatic carbocycles. The van der Waals surface area contributed by atoms with E-state index in [1.54, 1.807) is 60.7 Å². The molecule has 2 fully saturated rings. The molecule has 2 aliphatic rings. The van der Waals surface area contributed by atoms with Gasteiger partial charge in [-0.2, -0.15) is 0 Å². The van der Waals surface area contributed by atoms with Crippen molar-refractivity contribution in [2.75, 3.05) is 26.4 Å². The summed E-state index contributed by atoms with van der Waals surface area (Å²) >= 11 is 0. The molecular weight excluding hydrogens is 779 g/mol. The number of benzene rings is 2. The molecule has 21 heteroatoms. The maximum absolute atomic E-state index is 13.8. The number of ether oxygens (including phenoxy) is 9. The number of unbranched alkanes of at least 4 members (excludes halogenated alkanes) is 1. The molecule has 2 aliphatic heterocycles. The predicted molar refractivity (Wildman–Crippen MR) is 207 cm³/mol. The minimum absolute atomic E-state index is 0.193. The number of carbonyl (C=O) groups excluding carboxylic acids is 5. The van der Waals surface area contributed by atoms with E-state index in [1.807, 2.05) is 6.92 Å². The minimum atomic E-state index is -1.61. The first-order chi connectivity index (χ1) is 28.0. The quantitative estimate of drug-likeness (QED) is 0.0290. The van der Waals surface area contributed by atoms with Gasteiger partial charge in [-0.25, -0.2) is 0 Å². The van der Waals surface area contributed by atoms with E-state index in [2.05, 4.69) is 19.1 Å². The van der Waals surface area contributed by atoms with Gasteiger partial charge in [-0.1, -0.05) is 0 Å². The normalized spacial score (nSPS) is 25.7. The second-order valence-electron chi connectivity index (χ2n) is 13.1. The van der Waals surface area contributed by atoms with Crippen LogP contribution in [0.4, 0.5) is 0 Å². The average Bonchev–Trinajstić information content (AvgIpc) is 3.20. The first kappa shape index (κ1) is 46.0. The number of azide groups is 1. The van der Waals surface area contributed by atoms with Gasteiger partial charge >= 0.3 is 339 Å². The third-order valence-electron chi connectivity index (χ3n) is 8.78. The van der Waals surface area contributed by atoms with E-state index in [0.717, 1.165) is 27.2 Å². The van der Waals surface area contributed by atoms with Gasteiger partial charge < -0.3 is 0 Å². The fraction of sp³-hybridized carbons (Fsp3) is 0.541. The van der Waals surface area contributed by atoms with Crippen LogP contribution >= 0.6 is 9.12 Å². The van der Waals surface area contributed by atoms with Crippen molar-refractivity contribution in [3.05, 3.63) is 82.2 Å². The molecule has 2 aromatic carbocycles. The first-order valence-corrected chi connectivity index (χ1v) is 19.2. The second kappa shape index (κ2) is 23.6. The second-order valence-corrected chi connectivity index (χ2v) is 13.4. The summed E-state index contributed by atoms with van der Waals surface area (Å²) in [5.74, 6) is -3.70. The van der Waals surface area contributed by atoms with E-state index < -0.39 is 97.6 Å². The SMILES string of the molecule is CCCCO[C@@H](COC(=O)c1ccccc1)C1OCC(O[C@H]2O[C@H](COC(C)=O)[C@@H](OC(C)=O)C(OC(C)=O)C2N=[N+]=[N-])C(OC(=O)c2ccccc2)[C@@H]1OB=BP. The molecule has 0 bridgehead atoms. The zero-order valence-corrected chi connectivity index (χ0v) is 33.6. The van der Waals surface area contributed by atoms with Crippen LogP contribution in [0.1, 0.15) is 61.3 Å². The Morgan fingerprint density at radius 3 is 2.09 bits per heavy atom. The summed E-state index contributed by atoms with van der Waals surface area (Å²) in [4.78, 5) is 66.2. The molecular formula is C37H46B2N3O15P. The third-order valence-corrected chi connectivity index (χ3v) is 8.94. The standard InChI is InChI=1S/C37H46B2N3O15P/c1-5-6-17-48-26(18-51-35(46)24-13-9-7-10-14-24)30-34(57-38-39-58)32(56-36(47)25-15-11-8-12-16-25)28(20-50-30)55-37-29(41-42-40)33(53-23(4)45)31(52-22(3)44)27(54-37)19-49-21(2)43/h7-16,26-34,37H,5-6,17-20,58H2,1-4H3/t26-,27+,28?,29?,30?,31+,32?,33?,34+,37+/m0/s1. The number of hydrogen-bond acceptors (Lipinski definition) is 16. The van der Waals surface area contributed by atoms with E-state index in [-0.39, 0.29) is 25.4 Å². The predicted octanol–water partition coefficient (Wildman–Crippen LogP) is 3.28. The maximum atomic E-state index is 13.8. The first-order valence-electron chi connectivity index (χ1n) is 18.5. The molecule has 0 N–H and O–H groups in total. The van der Waals surface area contributed by atoms with Crippen LogP contribution in [0.2, 0.25) is 0 Å². The van der Waals surface area contributed by atoms with Gasteiger partial charge in [-0.15, -0.1) is 0 Å². The summed E-state index contributed by atoms with van der Waals surface area (Å²) in [5.41, 5.74) is 10.2. The number of esters is 5. The van der Waals surface area contributed by atoms with Gasteiger partial charge in [0.05, 0.1) is 0 Å². The molecule has 58 heavy (non-hydrogen) atoms. The molecule has 0 radical (unpaired) electrons. The molecule has 0 aromatic heterocycles. The molecule has 310 valence electrons. The summed E-state index contributed by atoms with van der Waals surface area (Å²) in [5, 5.41) is 3.80. The van der Waals surface area contributed by atoms with Gasteiger partial charge in [0.2, 0.25) is 0 Å². The molecule has 0 saturated carbocycles. The van der Waals surface area contributed by atoms with Crippen LogP contribution in [-0.2, 0) is 61.7 Å². The van der Waals surface area contributed by atoms with Crippen molar-refractivity contribution in [3.63, 3.8) is 0 Å². The van der Waals surface area contributed by atoms with Crippen molar-refractivity contribution < 1.29 is 71.3 Å². The molecule has 6 unspecified atom stereocenters. The van der Waals surface area contributed by atoms with Crippen molar-refractivity contribution in [1.29, 1.82) is 0 Å². The van der Waals surface area contributed by atoms with Crippen LogP contribution in [0, 0.1) is 0 Å². The van der Waals surface area contributed by atoms with Gasteiger partial charge in [0.1, 0.15) is 0 Å². The summed E-state index contributed by atoms with van der Waals surface area (Å²) in [7, 11) is 3.69. The monoisotopic (exact) mass is 825 g/mol. The van der Waals surface area contributed by atoms with Crippen LogP contribution in [-0.4, -0.2) is 131 Å². The average molecular weight is 825 g/mol. The van der Waals surface area contributed by atoms with E-state index in [4.69, 9.17) is 47.3 Å². The fourth-order valence-corrected chi connectivity index (χ4v) is 6.30. The zero-order chi connectivity index (χ0) is 42.0. The van der Waals surface area contributed by atoms with Crippen LogP contribution in [0.15, 0.2) is 65.8 Å². The Kier molecular flexibility index (Phi) is 18.7. The molecule has 4 rings (SSSR count). The molecule has 2 saturated heterocycles. The summed E-state index contributed by atoms with van der Waals surface area (Å²) < 4.78 is 59.4. The van der Waals surface area contributed by atoms with Gasteiger partial charge in [0.15, 0.2) is 0 Å². The van der Waals surface area contributed by atoms with E-state index in [0.29, 0.717) is 12.0 Å².